The van der Waals surface area contributed by atoms with Gasteiger partial charge in [0, 0.05) is 30.4 Å². The highest BCUT2D eigenvalue weighted by atomic mass is 19.1. The van der Waals surface area contributed by atoms with E-state index in [0.717, 1.165) is 5.69 Å². The number of rotatable bonds is 9. The van der Waals surface area contributed by atoms with Crippen molar-refractivity contribution in [3.05, 3.63) is 66.4 Å². The summed E-state index contributed by atoms with van der Waals surface area (Å²) in [7, 11) is 1.38. The molecule has 0 saturated heterocycles. The Morgan fingerprint density at radius 3 is 3.00 bits per heavy atom. The second kappa shape index (κ2) is 10.1. The minimum absolute atomic E-state index is 0.0313. The molecular weight excluding hydrogens is 441 g/mol. The fraction of sp³-hybridized carbons (Fsp3) is 0.208. The number of halogens is 1. The van der Waals surface area contributed by atoms with Gasteiger partial charge in [-0.3, -0.25) is 14.6 Å². The molecule has 4 rings (SSSR count). The Kier molecular flexibility index (Phi) is 6.77. The van der Waals surface area contributed by atoms with Crippen LogP contribution >= 0.6 is 0 Å². The lowest BCUT2D eigenvalue weighted by molar-refractivity contribution is -0.116. The Morgan fingerprint density at radius 1 is 1.35 bits per heavy atom. The molecule has 2 aromatic heterocycles. The van der Waals surface area contributed by atoms with Crippen LogP contribution in [0, 0.1) is 5.82 Å². The number of nitrogens with zero attached hydrogens (tertiary/aromatic N) is 1. The number of carbonyl (C=O) groups excluding carboxylic acids is 2. The van der Waals surface area contributed by atoms with Gasteiger partial charge >= 0.3 is 0 Å². The molecule has 0 radical (unpaired) electrons. The van der Waals surface area contributed by atoms with Gasteiger partial charge in [-0.2, -0.15) is 0 Å². The van der Waals surface area contributed by atoms with Crippen LogP contribution in [0.1, 0.15) is 16.1 Å². The number of aromatic amines is 1. The topological polar surface area (TPSA) is 117 Å². The molecule has 176 valence electrons. The average Bonchev–Trinajstić information content (AvgIpc) is 3.21. The van der Waals surface area contributed by atoms with Crippen molar-refractivity contribution in [3.63, 3.8) is 0 Å². The number of methoxy groups -OCH3 is 1. The SMILES string of the molecule is C=CC(=O)NCCOc1cnccc1-c1[nH]c2c(c1Nc1cccc(F)c1OC)C(=O)NCC2. The Morgan fingerprint density at radius 2 is 2.21 bits per heavy atom. The highest BCUT2D eigenvalue weighted by Crippen LogP contribution is 2.41. The lowest BCUT2D eigenvalue weighted by Crippen LogP contribution is -2.31. The Bertz CT molecular complexity index is 1240. The predicted molar refractivity (Wildman–Crippen MR) is 125 cm³/mol. The van der Waals surface area contributed by atoms with Gasteiger partial charge in [-0.05, 0) is 24.3 Å². The van der Waals surface area contributed by atoms with Crippen LogP contribution in [0.4, 0.5) is 15.8 Å². The lowest BCUT2D eigenvalue weighted by atomic mass is 10.0. The number of hydrogen-bond donors (Lipinski definition) is 4. The van der Waals surface area contributed by atoms with Crippen molar-refractivity contribution >= 4 is 23.2 Å². The number of aromatic nitrogens is 2. The molecule has 0 spiro atoms. The van der Waals surface area contributed by atoms with Crippen LogP contribution in [0.25, 0.3) is 11.3 Å². The Labute approximate surface area is 195 Å². The highest BCUT2D eigenvalue weighted by Gasteiger charge is 2.28. The minimum atomic E-state index is -0.530. The summed E-state index contributed by atoms with van der Waals surface area (Å²) < 4.78 is 25.4. The molecule has 9 nitrogen and oxygen atoms in total. The third-order valence-electron chi connectivity index (χ3n) is 5.29. The quantitative estimate of drug-likeness (QED) is 0.285. The van der Waals surface area contributed by atoms with E-state index >= 15 is 0 Å². The molecule has 1 aliphatic heterocycles. The van der Waals surface area contributed by atoms with Crippen molar-refractivity contribution in [1.29, 1.82) is 0 Å². The molecular formula is C24H24FN5O4. The Balaban J connectivity index is 1.74. The summed E-state index contributed by atoms with van der Waals surface area (Å²) in [5.41, 5.74) is 3.25. The summed E-state index contributed by atoms with van der Waals surface area (Å²) in [4.78, 5) is 31.6. The highest BCUT2D eigenvalue weighted by molar-refractivity contribution is 6.06. The fourth-order valence-corrected chi connectivity index (χ4v) is 3.76. The maximum absolute atomic E-state index is 14.3. The lowest BCUT2D eigenvalue weighted by Gasteiger charge is -2.17. The van der Waals surface area contributed by atoms with Crippen molar-refractivity contribution in [3.8, 4) is 22.8 Å². The van der Waals surface area contributed by atoms with Crippen LogP contribution in [0.3, 0.4) is 0 Å². The summed E-state index contributed by atoms with van der Waals surface area (Å²) >= 11 is 0. The second-order valence-electron chi connectivity index (χ2n) is 7.40. The smallest absolute Gasteiger partial charge is 0.255 e. The van der Waals surface area contributed by atoms with Gasteiger partial charge in [0.05, 0.1) is 42.5 Å². The number of H-pyrrole nitrogens is 1. The molecule has 4 N–H and O–H groups in total. The number of nitrogens with one attached hydrogen (secondary N) is 4. The van der Waals surface area contributed by atoms with Crippen LogP contribution in [-0.2, 0) is 11.2 Å². The molecule has 3 aromatic rings. The van der Waals surface area contributed by atoms with Gasteiger partial charge in [-0.15, -0.1) is 0 Å². The maximum Gasteiger partial charge on any atom is 0.255 e. The van der Waals surface area contributed by atoms with Crippen LogP contribution in [-0.4, -0.2) is 48.6 Å². The van der Waals surface area contributed by atoms with E-state index in [-0.39, 0.29) is 30.7 Å². The van der Waals surface area contributed by atoms with E-state index in [0.29, 0.717) is 46.9 Å². The van der Waals surface area contributed by atoms with E-state index in [1.54, 1.807) is 30.6 Å². The number of anilines is 2. The van der Waals surface area contributed by atoms with E-state index < -0.39 is 5.82 Å². The molecule has 0 aliphatic carbocycles. The van der Waals surface area contributed by atoms with Crippen molar-refractivity contribution in [2.45, 2.75) is 6.42 Å². The van der Waals surface area contributed by atoms with Crippen molar-refractivity contribution in [2.75, 3.05) is 32.1 Å². The van der Waals surface area contributed by atoms with Gasteiger partial charge in [0.15, 0.2) is 11.6 Å². The maximum atomic E-state index is 14.3. The molecule has 1 aromatic carbocycles. The normalized spacial score (nSPS) is 12.4. The van der Waals surface area contributed by atoms with Gasteiger partial charge in [0.1, 0.15) is 12.4 Å². The van der Waals surface area contributed by atoms with Crippen LogP contribution in [0.15, 0.2) is 49.3 Å². The number of benzene rings is 1. The monoisotopic (exact) mass is 465 g/mol. The molecule has 34 heavy (non-hydrogen) atoms. The molecule has 0 unspecified atom stereocenters. The summed E-state index contributed by atoms with van der Waals surface area (Å²) in [6.45, 7) is 4.38. The Hall–Kier alpha value is -4.34. The summed E-state index contributed by atoms with van der Waals surface area (Å²) in [5.74, 6) is -0.594. The molecule has 2 amide bonds. The van der Waals surface area contributed by atoms with Gasteiger partial charge < -0.3 is 30.4 Å². The largest absolute Gasteiger partial charge is 0.492 e. The van der Waals surface area contributed by atoms with Gasteiger partial charge in [0.25, 0.3) is 5.91 Å². The molecule has 0 atom stereocenters. The zero-order valence-corrected chi connectivity index (χ0v) is 18.5. The number of amides is 2. The standard InChI is InChI=1S/C24H24FN5O4/c1-3-19(31)27-11-12-34-18-13-26-9-7-14(18)21-22(20-16(29-21)8-10-28-24(20)32)30-17-6-4-5-15(25)23(17)33-2/h3-7,9,13,29-30H,1,8,10-12H2,2H3,(H,27,31)(H,28,32). The number of fused-ring (bicyclic) bond motifs is 1. The number of pyridine rings is 1. The first kappa shape index (κ1) is 22.8. The van der Waals surface area contributed by atoms with E-state index in [1.807, 2.05) is 0 Å². The van der Waals surface area contributed by atoms with Gasteiger partial charge in [0.2, 0.25) is 5.91 Å². The molecule has 0 bridgehead atoms. The minimum Gasteiger partial charge on any atom is -0.492 e. The summed E-state index contributed by atoms with van der Waals surface area (Å²) in [5, 5.41) is 8.68. The number of ether oxygens (including phenoxy) is 2. The number of para-hydroxylation sites is 1. The van der Waals surface area contributed by atoms with Crippen molar-refractivity contribution < 1.29 is 23.5 Å². The van der Waals surface area contributed by atoms with E-state index in [4.69, 9.17) is 9.47 Å². The number of hydrogen-bond acceptors (Lipinski definition) is 6. The van der Waals surface area contributed by atoms with Gasteiger partial charge in [-0.1, -0.05) is 12.6 Å². The molecule has 1 aliphatic rings. The molecule has 10 heteroatoms. The third kappa shape index (κ3) is 4.56. The molecule has 0 fully saturated rings. The third-order valence-corrected chi connectivity index (χ3v) is 5.29. The fourth-order valence-electron chi connectivity index (χ4n) is 3.76. The summed E-state index contributed by atoms with van der Waals surface area (Å²) in [6, 6.07) is 6.26. The predicted octanol–water partition coefficient (Wildman–Crippen LogP) is 2.93. The number of carbonyl (C=O) groups is 2. The zero-order chi connectivity index (χ0) is 24.1. The average molecular weight is 465 g/mol. The second-order valence-corrected chi connectivity index (χ2v) is 7.40. The van der Waals surface area contributed by atoms with Crippen molar-refractivity contribution in [2.24, 2.45) is 0 Å². The zero-order valence-electron chi connectivity index (χ0n) is 18.5. The van der Waals surface area contributed by atoms with Crippen LogP contribution < -0.4 is 25.4 Å². The van der Waals surface area contributed by atoms with E-state index in [2.05, 4.69) is 32.5 Å². The first-order valence-electron chi connectivity index (χ1n) is 10.6. The molecule has 0 saturated carbocycles. The van der Waals surface area contributed by atoms with Crippen LogP contribution in [0.2, 0.25) is 0 Å². The van der Waals surface area contributed by atoms with Crippen LogP contribution in [0.5, 0.6) is 11.5 Å². The van der Waals surface area contributed by atoms with Crippen molar-refractivity contribution in [1.82, 2.24) is 20.6 Å². The van der Waals surface area contributed by atoms with Gasteiger partial charge in [-0.25, -0.2) is 4.39 Å². The first-order chi connectivity index (χ1) is 16.5. The molecule has 3 heterocycles. The summed E-state index contributed by atoms with van der Waals surface area (Å²) in [6.07, 6.45) is 4.94. The first-order valence-corrected chi connectivity index (χ1v) is 10.6. The van der Waals surface area contributed by atoms with E-state index in [1.165, 1.54) is 19.3 Å². The van der Waals surface area contributed by atoms with E-state index in [9.17, 15) is 14.0 Å².